The Balaban J connectivity index is 2.89. The van der Waals surface area contributed by atoms with E-state index in [1.54, 1.807) is 39.2 Å². The van der Waals surface area contributed by atoms with E-state index in [0.29, 0.717) is 16.9 Å². The second kappa shape index (κ2) is 6.08. The largest absolute Gasteiger partial charge is 0.467 e. The first kappa shape index (κ1) is 14.8. The van der Waals surface area contributed by atoms with E-state index in [9.17, 15) is 9.59 Å². The summed E-state index contributed by atoms with van der Waals surface area (Å²) < 4.78 is 4.61. The monoisotopic (exact) mass is 265 g/mol. The molecule has 1 atom stereocenters. The zero-order valence-corrected chi connectivity index (χ0v) is 11.6. The Morgan fingerprint density at radius 1 is 1.37 bits per heavy atom. The predicted molar refractivity (Wildman–Crippen MR) is 74.0 cm³/mol. The molecule has 0 aliphatic rings. The molecule has 0 fully saturated rings. The summed E-state index contributed by atoms with van der Waals surface area (Å²) in [6.07, 6.45) is 0. The number of carbonyl (C=O) groups excluding carboxylic acids is 2. The SMILES string of the molecule is COC(=O)C(C)Nc1ccc(C(=O)N(C)C)cc1N. The van der Waals surface area contributed by atoms with Crippen molar-refractivity contribution in [3.8, 4) is 0 Å². The van der Waals surface area contributed by atoms with Crippen LogP contribution in [0.1, 0.15) is 17.3 Å². The van der Waals surface area contributed by atoms with Crippen LogP contribution in [-0.4, -0.2) is 44.0 Å². The number of ether oxygens (including phenoxy) is 1. The summed E-state index contributed by atoms with van der Waals surface area (Å²) in [4.78, 5) is 24.5. The van der Waals surface area contributed by atoms with Crippen molar-refractivity contribution >= 4 is 23.3 Å². The van der Waals surface area contributed by atoms with E-state index in [2.05, 4.69) is 10.1 Å². The van der Waals surface area contributed by atoms with E-state index in [1.165, 1.54) is 12.0 Å². The number of nitrogens with two attached hydrogens (primary N) is 1. The smallest absolute Gasteiger partial charge is 0.327 e. The summed E-state index contributed by atoms with van der Waals surface area (Å²) >= 11 is 0. The molecule has 6 nitrogen and oxygen atoms in total. The molecule has 0 saturated carbocycles. The molecule has 104 valence electrons. The molecule has 6 heteroatoms. The minimum absolute atomic E-state index is 0.126. The molecule has 0 aromatic heterocycles. The first-order valence-electron chi connectivity index (χ1n) is 5.82. The van der Waals surface area contributed by atoms with E-state index in [4.69, 9.17) is 5.73 Å². The molecule has 1 amide bonds. The number of carbonyl (C=O) groups is 2. The van der Waals surface area contributed by atoms with Gasteiger partial charge in [-0.1, -0.05) is 0 Å². The Hall–Kier alpha value is -2.24. The first-order valence-corrected chi connectivity index (χ1v) is 5.82. The number of benzene rings is 1. The van der Waals surface area contributed by atoms with Crippen LogP contribution in [0.15, 0.2) is 18.2 Å². The van der Waals surface area contributed by atoms with Gasteiger partial charge in [-0.2, -0.15) is 0 Å². The third-order valence-electron chi connectivity index (χ3n) is 2.63. The number of rotatable bonds is 4. The number of anilines is 2. The number of nitrogens with zero attached hydrogens (tertiary/aromatic N) is 1. The fourth-order valence-electron chi connectivity index (χ4n) is 1.55. The van der Waals surface area contributed by atoms with Crippen LogP contribution in [0, 0.1) is 0 Å². The number of hydrogen-bond acceptors (Lipinski definition) is 5. The van der Waals surface area contributed by atoms with Gasteiger partial charge in [0.05, 0.1) is 18.5 Å². The lowest BCUT2D eigenvalue weighted by molar-refractivity contribution is -0.141. The highest BCUT2D eigenvalue weighted by Crippen LogP contribution is 2.21. The van der Waals surface area contributed by atoms with Gasteiger partial charge in [-0.3, -0.25) is 4.79 Å². The molecule has 19 heavy (non-hydrogen) atoms. The second-order valence-electron chi connectivity index (χ2n) is 4.39. The molecule has 0 bridgehead atoms. The van der Waals surface area contributed by atoms with Gasteiger partial charge in [0.2, 0.25) is 0 Å². The van der Waals surface area contributed by atoms with Crippen LogP contribution in [0.5, 0.6) is 0 Å². The van der Waals surface area contributed by atoms with Crippen molar-refractivity contribution in [2.75, 3.05) is 32.3 Å². The lowest BCUT2D eigenvalue weighted by Crippen LogP contribution is -2.27. The van der Waals surface area contributed by atoms with Crippen LogP contribution in [0.25, 0.3) is 0 Å². The minimum atomic E-state index is -0.511. The molecule has 0 aliphatic heterocycles. The Morgan fingerprint density at radius 2 is 2.00 bits per heavy atom. The molecule has 0 saturated heterocycles. The second-order valence-corrected chi connectivity index (χ2v) is 4.39. The van der Waals surface area contributed by atoms with Crippen LogP contribution in [-0.2, 0) is 9.53 Å². The normalized spacial score (nSPS) is 11.6. The average Bonchev–Trinajstić information content (AvgIpc) is 2.38. The van der Waals surface area contributed by atoms with Crippen LogP contribution in [0.2, 0.25) is 0 Å². The quantitative estimate of drug-likeness (QED) is 0.625. The summed E-state index contributed by atoms with van der Waals surface area (Å²) in [6, 6.07) is 4.40. The van der Waals surface area contributed by atoms with Gasteiger partial charge in [0.15, 0.2) is 0 Å². The highest BCUT2D eigenvalue weighted by Gasteiger charge is 2.15. The van der Waals surface area contributed by atoms with Crippen molar-refractivity contribution in [1.82, 2.24) is 4.90 Å². The van der Waals surface area contributed by atoms with Crippen LogP contribution >= 0.6 is 0 Å². The van der Waals surface area contributed by atoms with Crippen molar-refractivity contribution in [1.29, 1.82) is 0 Å². The van der Waals surface area contributed by atoms with Gasteiger partial charge in [-0.05, 0) is 25.1 Å². The highest BCUT2D eigenvalue weighted by atomic mass is 16.5. The van der Waals surface area contributed by atoms with Crippen molar-refractivity contribution < 1.29 is 14.3 Å². The van der Waals surface area contributed by atoms with Gasteiger partial charge in [0.25, 0.3) is 5.91 Å². The topological polar surface area (TPSA) is 84.7 Å². The van der Waals surface area contributed by atoms with Crippen molar-refractivity contribution in [2.24, 2.45) is 0 Å². The Kier molecular flexibility index (Phi) is 4.74. The standard InChI is InChI=1S/C13H19N3O3/c1-8(13(18)19-4)15-11-6-5-9(7-10(11)14)12(17)16(2)3/h5-8,15H,14H2,1-4H3. The summed E-state index contributed by atoms with van der Waals surface area (Å²) in [7, 11) is 4.66. The minimum Gasteiger partial charge on any atom is -0.467 e. The summed E-state index contributed by atoms with van der Waals surface area (Å²) in [5.74, 6) is -0.507. The highest BCUT2D eigenvalue weighted by molar-refractivity contribution is 5.96. The van der Waals surface area contributed by atoms with E-state index in [1.807, 2.05) is 0 Å². The molecular formula is C13H19N3O3. The lowest BCUT2D eigenvalue weighted by atomic mass is 10.1. The van der Waals surface area contributed by atoms with Gasteiger partial charge in [0, 0.05) is 19.7 Å². The number of esters is 1. The molecule has 0 radical (unpaired) electrons. The van der Waals surface area contributed by atoms with Gasteiger partial charge in [0.1, 0.15) is 6.04 Å². The number of amides is 1. The zero-order valence-electron chi connectivity index (χ0n) is 11.6. The molecule has 1 aromatic rings. The average molecular weight is 265 g/mol. The van der Waals surface area contributed by atoms with Crippen molar-refractivity contribution in [3.63, 3.8) is 0 Å². The van der Waals surface area contributed by atoms with Gasteiger partial charge < -0.3 is 20.7 Å². The van der Waals surface area contributed by atoms with Crippen molar-refractivity contribution in [3.05, 3.63) is 23.8 Å². The van der Waals surface area contributed by atoms with Gasteiger partial charge >= 0.3 is 5.97 Å². The number of nitrogens with one attached hydrogen (secondary N) is 1. The van der Waals surface area contributed by atoms with Crippen molar-refractivity contribution in [2.45, 2.75) is 13.0 Å². The molecule has 3 N–H and O–H groups in total. The number of nitrogen functional groups attached to an aromatic ring is 1. The maximum Gasteiger partial charge on any atom is 0.327 e. The molecule has 1 aromatic carbocycles. The molecule has 0 heterocycles. The molecular weight excluding hydrogens is 246 g/mol. The third-order valence-corrected chi connectivity index (χ3v) is 2.63. The van der Waals surface area contributed by atoms with Gasteiger partial charge in [-0.25, -0.2) is 4.79 Å². The fraction of sp³-hybridized carbons (Fsp3) is 0.385. The summed E-state index contributed by atoms with van der Waals surface area (Å²) in [6.45, 7) is 1.67. The van der Waals surface area contributed by atoms with Crippen LogP contribution in [0.3, 0.4) is 0 Å². The Bertz CT molecular complexity index is 486. The molecule has 0 spiro atoms. The first-order chi connectivity index (χ1) is 8.86. The van der Waals surface area contributed by atoms with E-state index < -0.39 is 6.04 Å². The zero-order chi connectivity index (χ0) is 14.6. The number of hydrogen-bond donors (Lipinski definition) is 2. The van der Waals surface area contributed by atoms with E-state index >= 15 is 0 Å². The Morgan fingerprint density at radius 3 is 2.47 bits per heavy atom. The summed E-state index contributed by atoms with van der Waals surface area (Å²) in [5, 5.41) is 2.93. The maximum atomic E-state index is 11.8. The van der Waals surface area contributed by atoms with E-state index in [-0.39, 0.29) is 11.9 Å². The van der Waals surface area contributed by atoms with Gasteiger partial charge in [-0.15, -0.1) is 0 Å². The predicted octanol–water partition coefficient (Wildman–Crippen LogP) is 0.944. The maximum absolute atomic E-state index is 11.8. The van der Waals surface area contributed by atoms with E-state index in [0.717, 1.165) is 0 Å². The van der Waals surface area contributed by atoms with Crippen LogP contribution in [0.4, 0.5) is 11.4 Å². The van der Waals surface area contributed by atoms with Crippen LogP contribution < -0.4 is 11.1 Å². The third kappa shape index (κ3) is 3.61. The Labute approximate surface area is 112 Å². The number of methoxy groups -OCH3 is 1. The molecule has 1 rings (SSSR count). The summed E-state index contributed by atoms with van der Waals surface area (Å²) in [5.41, 5.74) is 7.36. The molecule has 0 aliphatic carbocycles. The lowest BCUT2D eigenvalue weighted by Gasteiger charge is -2.16. The molecule has 1 unspecified atom stereocenters. The fourth-order valence-corrected chi connectivity index (χ4v) is 1.55.